The van der Waals surface area contributed by atoms with Crippen molar-refractivity contribution in [3.8, 4) is 5.75 Å². The summed E-state index contributed by atoms with van der Waals surface area (Å²) in [5.74, 6) is 0.618. The Morgan fingerprint density at radius 2 is 1.65 bits per heavy atom. The molecule has 5 rings (SSSR count). The molecule has 0 aromatic heterocycles. The molecule has 2 heterocycles. The predicted molar refractivity (Wildman–Crippen MR) is 140 cm³/mol. The molecule has 0 saturated carbocycles. The van der Waals surface area contributed by atoms with Crippen LogP contribution in [-0.4, -0.2) is 42.2 Å². The van der Waals surface area contributed by atoms with Crippen molar-refractivity contribution in [3.63, 3.8) is 0 Å². The number of hydrogen-bond acceptors (Lipinski definition) is 5. The molecule has 0 atom stereocenters. The van der Waals surface area contributed by atoms with Crippen LogP contribution in [-0.2, 0) is 11.4 Å². The minimum atomic E-state index is -0.179. The van der Waals surface area contributed by atoms with Gasteiger partial charge >= 0.3 is 0 Å². The first-order chi connectivity index (χ1) is 16.6. The van der Waals surface area contributed by atoms with Crippen molar-refractivity contribution in [2.75, 3.05) is 31.1 Å². The Bertz CT molecular complexity index is 1220. The maximum absolute atomic E-state index is 12.5. The van der Waals surface area contributed by atoms with E-state index in [-0.39, 0.29) is 5.91 Å². The van der Waals surface area contributed by atoms with Gasteiger partial charge in [-0.25, -0.2) is 0 Å². The molecule has 0 unspecified atom stereocenters. The van der Waals surface area contributed by atoms with Gasteiger partial charge in [0.1, 0.15) is 12.4 Å². The average molecular weight is 490 g/mol. The fourth-order valence-electron chi connectivity index (χ4n) is 3.91. The monoisotopic (exact) mass is 489 g/mol. The van der Waals surface area contributed by atoms with E-state index >= 15 is 0 Å². The van der Waals surface area contributed by atoms with E-state index in [1.165, 1.54) is 11.8 Å². The zero-order valence-corrected chi connectivity index (χ0v) is 20.1. The summed E-state index contributed by atoms with van der Waals surface area (Å²) in [4.78, 5) is 22.0. The molecule has 1 saturated heterocycles. The SMILES string of the molecule is O=C1N=C(N2CCN(c3cccc(Cl)c3)CC2)SC1=Cc1ccc(OCc2ccccc2)cc1. The molecule has 0 radical (unpaired) electrons. The van der Waals surface area contributed by atoms with Gasteiger partial charge in [0, 0.05) is 36.9 Å². The molecule has 0 bridgehead atoms. The Morgan fingerprint density at radius 1 is 0.912 bits per heavy atom. The summed E-state index contributed by atoms with van der Waals surface area (Å²) >= 11 is 7.58. The highest BCUT2D eigenvalue weighted by atomic mass is 35.5. The minimum absolute atomic E-state index is 0.179. The van der Waals surface area contributed by atoms with Crippen LogP contribution in [0.3, 0.4) is 0 Å². The minimum Gasteiger partial charge on any atom is -0.489 e. The van der Waals surface area contributed by atoms with Gasteiger partial charge in [-0.15, -0.1) is 0 Å². The third-order valence-electron chi connectivity index (χ3n) is 5.76. The number of carbonyl (C=O) groups excluding carboxylic acids is 1. The molecule has 7 heteroatoms. The molecular formula is C27H24ClN3O2S. The number of rotatable bonds is 5. The number of nitrogens with zero attached hydrogens (tertiary/aromatic N) is 3. The van der Waals surface area contributed by atoms with E-state index in [0.29, 0.717) is 11.5 Å². The normalized spacial score (nSPS) is 17.3. The lowest BCUT2D eigenvalue weighted by Gasteiger charge is -2.36. The molecule has 0 spiro atoms. The number of amides is 1. The first kappa shape index (κ1) is 22.6. The number of carbonyl (C=O) groups is 1. The fourth-order valence-corrected chi connectivity index (χ4v) is 5.06. The Labute approximate surface area is 208 Å². The van der Waals surface area contributed by atoms with Crippen LogP contribution in [0.1, 0.15) is 11.1 Å². The number of amidine groups is 1. The van der Waals surface area contributed by atoms with Crippen LogP contribution in [0, 0.1) is 0 Å². The van der Waals surface area contributed by atoms with Gasteiger partial charge in [0.2, 0.25) is 0 Å². The summed E-state index contributed by atoms with van der Waals surface area (Å²) in [7, 11) is 0. The largest absolute Gasteiger partial charge is 0.489 e. The van der Waals surface area contributed by atoms with Crippen molar-refractivity contribution in [3.05, 3.63) is 99.9 Å². The van der Waals surface area contributed by atoms with Crippen molar-refractivity contribution < 1.29 is 9.53 Å². The van der Waals surface area contributed by atoms with Gasteiger partial charge in [-0.05, 0) is 59.3 Å². The van der Waals surface area contributed by atoms with Gasteiger partial charge in [-0.2, -0.15) is 4.99 Å². The van der Waals surface area contributed by atoms with Crippen molar-refractivity contribution in [2.24, 2.45) is 4.99 Å². The molecule has 1 amide bonds. The van der Waals surface area contributed by atoms with Crippen molar-refractivity contribution in [1.82, 2.24) is 4.90 Å². The van der Waals surface area contributed by atoms with Crippen LogP contribution in [0.25, 0.3) is 6.08 Å². The van der Waals surface area contributed by atoms with Gasteiger partial charge in [0.15, 0.2) is 5.17 Å². The van der Waals surface area contributed by atoms with Crippen LogP contribution in [0.4, 0.5) is 5.69 Å². The molecule has 5 nitrogen and oxygen atoms in total. The molecule has 2 aliphatic heterocycles. The maximum Gasteiger partial charge on any atom is 0.286 e. The molecule has 34 heavy (non-hydrogen) atoms. The number of piperazine rings is 1. The lowest BCUT2D eigenvalue weighted by Crippen LogP contribution is -2.47. The van der Waals surface area contributed by atoms with Crippen LogP contribution < -0.4 is 9.64 Å². The summed E-state index contributed by atoms with van der Waals surface area (Å²) in [5, 5.41) is 1.52. The molecule has 3 aromatic carbocycles. The second-order valence-electron chi connectivity index (χ2n) is 8.11. The third kappa shape index (κ3) is 5.46. The van der Waals surface area contributed by atoms with E-state index in [1.807, 2.05) is 78.9 Å². The predicted octanol–water partition coefficient (Wildman–Crippen LogP) is 5.71. The lowest BCUT2D eigenvalue weighted by atomic mass is 10.2. The Morgan fingerprint density at radius 3 is 2.38 bits per heavy atom. The highest BCUT2D eigenvalue weighted by Gasteiger charge is 2.28. The number of benzene rings is 3. The standard InChI is InChI=1S/C27H24ClN3O2S/c28-22-7-4-8-23(18-22)30-13-15-31(16-14-30)27-29-26(32)25(34-27)17-20-9-11-24(12-10-20)33-19-21-5-2-1-3-6-21/h1-12,17-18H,13-16,19H2. The summed E-state index contributed by atoms with van der Waals surface area (Å²) in [5.41, 5.74) is 3.20. The second-order valence-corrected chi connectivity index (χ2v) is 9.55. The number of aliphatic imine (C=N–C) groups is 1. The molecule has 0 N–H and O–H groups in total. The molecule has 1 fully saturated rings. The quantitative estimate of drug-likeness (QED) is 0.429. The maximum atomic E-state index is 12.5. The molecule has 2 aliphatic rings. The van der Waals surface area contributed by atoms with E-state index < -0.39 is 0 Å². The van der Waals surface area contributed by atoms with Crippen molar-refractivity contribution >= 4 is 46.2 Å². The third-order valence-corrected chi connectivity index (χ3v) is 7.04. The van der Waals surface area contributed by atoms with Crippen LogP contribution in [0.15, 0.2) is 88.8 Å². The zero-order valence-electron chi connectivity index (χ0n) is 18.6. The van der Waals surface area contributed by atoms with Crippen LogP contribution >= 0.6 is 23.4 Å². The number of anilines is 1. The number of halogens is 1. The molecule has 0 aliphatic carbocycles. The van der Waals surface area contributed by atoms with Gasteiger partial charge < -0.3 is 14.5 Å². The summed E-state index contributed by atoms with van der Waals surface area (Å²) in [6.45, 7) is 3.87. The first-order valence-electron chi connectivity index (χ1n) is 11.2. The highest BCUT2D eigenvalue weighted by molar-refractivity contribution is 8.18. The van der Waals surface area contributed by atoms with Crippen LogP contribution in [0.2, 0.25) is 5.02 Å². The summed E-state index contributed by atoms with van der Waals surface area (Å²) in [6, 6.07) is 25.8. The van der Waals surface area contributed by atoms with Gasteiger partial charge in [-0.1, -0.05) is 60.1 Å². The fraction of sp³-hybridized carbons (Fsp3) is 0.185. The van der Waals surface area contributed by atoms with Crippen molar-refractivity contribution in [2.45, 2.75) is 6.61 Å². The highest BCUT2D eigenvalue weighted by Crippen LogP contribution is 2.31. The number of ether oxygens (including phenoxy) is 1. The summed E-state index contributed by atoms with van der Waals surface area (Å²) < 4.78 is 5.85. The first-order valence-corrected chi connectivity index (χ1v) is 12.4. The average Bonchev–Trinajstić information content (AvgIpc) is 3.24. The summed E-state index contributed by atoms with van der Waals surface area (Å²) in [6.07, 6.45) is 1.90. The Hall–Kier alpha value is -3.22. The number of thioether (sulfide) groups is 1. The van der Waals surface area contributed by atoms with E-state index in [0.717, 1.165) is 58.9 Å². The Kier molecular flexibility index (Phi) is 6.88. The Balaban J connectivity index is 1.16. The van der Waals surface area contributed by atoms with E-state index in [9.17, 15) is 4.79 Å². The van der Waals surface area contributed by atoms with E-state index in [1.54, 1.807) is 0 Å². The molecular weight excluding hydrogens is 466 g/mol. The van der Waals surface area contributed by atoms with Crippen molar-refractivity contribution in [1.29, 1.82) is 0 Å². The molecule has 172 valence electrons. The lowest BCUT2D eigenvalue weighted by molar-refractivity contribution is -0.113. The number of hydrogen-bond donors (Lipinski definition) is 0. The molecule has 3 aromatic rings. The van der Waals surface area contributed by atoms with E-state index in [4.69, 9.17) is 16.3 Å². The topological polar surface area (TPSA) is 45.1 Å². The zero-order chi connectivity index (χ0) is 23.3. The smallest absolute Gasteiger partial charge is 0.286 e. The van der Waals surface area contributed by atoms with Crippen LogP contribution in [0.5, 0.6) is 5.75 Å². The van der Waals surface area contributed by atoms with Gasteiger partial charge in [-0.3, -0.25) is 4.79 Å². The van der Waals surface area contributed by atoms with Gasteiger partial charge in [0.25, 0.3) is 5.91 Å². The van der Waals surface area contributed by atoms with E-state index in [2.05, 4.69) is 20.9 Å². The van der Waals surface area contributed by atoms with Gasteiger partial charge in [0.05, 0.1) is 4.91 Å². The second kappa shape index (κ2) is 10.4.